The maximum absolute atomic E-state index is 11.9. The molecule has 20 heavy (non-hydrogen) atoms. The van der Waals surface area contributed by atoms with Crippen LogP contribution in [0.15, 0.2) is 23.1 Å². The topological polar surface area (TPSA) is 55.1 Å². The van der Waals surface area contributed by atoms with Crippen molar-refractivity contribution in [3.8, 4) is 0 Å². The van der Waals surface area contributed by atoms with Gasteiger partial charge in [-0.1, -0.05) is 31.5 Å². The summed E-state index contributed by atoms with van der Waals surface area (Å²) in [6.07, 6.45) is 1.74. The third kappa shape index (κ3) is 5.17. The molecule has 1 aromatic carbocycles. The number of amides is 1. The number of rotatable bonds is 7. The molecule has 1 amide bonds. The van der Waals surface area contributed by atoms with Crippen LogP contribution in [-0.4, -0.2) is 23.7 Å². The Morgan fingerprint density at radius 1 is 1.30 bits per heavy atom. The first kappa shape index (κ1) is 17.1. The van der Waals surface area contributed by atoms with Gasteiger partial charge in [0.2, 0.25) is 5.91 Å². The molecule has 3 N–H and O–H groups in total. The monoisotopic (exact) mass is 294 g/mol. The fraction of sp³-hybridized carbons (Fsp3) is 0.562. The van der Waals surface area contributed by atoms with Crippen LogP contribution < -0.4 is 11.1 Å². The molecule has 112 valence electrons. The number of nitrogens with two attached hydrogens (primary N) is 1. The fourth-order valence-electron chi connectivity index (χ4n) is 1.83. The second-order valence-electron chi connectivity index (χ2n) is 5.40. The highest BCUT2D eigenvalue weighted by Gasteiger charge is 2.20. The average Bonchev–Trinajstić information content (AvgIpc) is 2.45. The van der Waals surface area contributed by atoms with Crippen molar-refractivity contribution in [2.45, 2.75) is 51.0 Å². The van der Waals surface area contributed by atoms with Gasteiger partial charge in [-0.3, -0.25) is 4.79 Å². The van der Waals surface area contributed by atoms with Crippen LogP contribution in [0.4, 0.5) is 0 Å². The van der Waals surface area contributed by atoms with Gasteiger partial charge in [-0.25, -0.2) is 0 Å². The van der Waals surface area contributed by atoms with Gasteiger partial charge in [-0.15, -0.1) is 11.8 Å². The van der Waals surface area contributed by atoms with Crippen molar-refractivity contribution in [1.82, 2.24) is 5.32 Å². The molecular formula is C16H26N2OS. The largest absolute Gasteiger partial charge is 0.354 e. The Kier molecular flexibility index (Phi) is 6.56. The summed E-state index contributed by atoms with van der Waals surface area (Å²) in [5.41, 5.74) is 8.33. The summed E-state index contributed by atoms with van der Waals surface area (Å²) >= 11 is 1.58. The van der Waals surface area contributed by atoms with Crippen LogP contribution in [0.3, 0.4) is 0 Å². The van der Waals surface area contributed by atoms with E-state index in [2.05, 4.69) is 51.2 Å². The van der Waals surface area contributed by atoms with Crippen molar-refractivity contribution >= 4 is 17.7 Å². The summed E-state index contributed by atoms with van der Waals surface area (Å²) in [5, 5.41) is 2.94. The zero-order chi connectivity index (χ0) is 15.2. The van der Waals surface area contributed by atoms with E-state index >= 15 is 0 Å². The van der Waals surface area contributed by atoms with E-state index in [1.165, 1.54) is 16.0 Å². The molecule has 0 aromatic heterocycles. The Labute approximate surface area is 126 Å². The summed E-state index contributed by atoms with van der Waals surface area (Å²) in [6.45, 7) is 8.79. The van der Waals surface area contributed by atoms with Crippen molar-refractivity contribution in [2.75, 3.05) is 12.3 Å². The van der Waals surface area contributed by atoms with Crippen LogP contribution in [0.5, 0.6) is 0 Å². The molecule has 0 unspecified atom stereocenters. The maximum atomic E-state index is 11.9. The minimum Gasteiger partial charge on any atom is -0.354 e. The third-order valence-corrected chi connectivity index (χ3v) is 4.91. The van der Waals surface area contributed by atoms with Gasteiger partial charge in [0.25, 0.3) is 0 Å². The van der Waals surface area contributed by atoms with Crippen LogP contribution in [0, 0.1) is 13.8 Å². The molecule has 1 aromatic rings. The Morgan fingerprint density at radius 3 is 2.55 bits per heavy atom. The second-order valence-corrected chi connectivity index (χ2v) is 6.42. The van der Waals surface area contributed by atoms with Gasteiger partial charge in [0.1, 0.15) is 0 Å². The quantitative estimate of drug-likeness (QED) is 0.760. The SMILES string of the molecule is CCC(N)(CC)CNC(=O)CSc1cc(C)ccc1C. The lowest BCUT2D eigenvalue weighted by Gasteiger charge is -2.26. The molecule has 0 aliphatic rings. The van der Waals surface area contributed by atoms with Crippen molar-refractivity contribution in [3.05, 3.63) is 29.3 Å². The first-order valence-electron chi connectivity index (χ1n) is 7.16. The van der Waals surface area contributed by atoms with Gasteiger partial charge in [0.05, 0.1) is 5.75 Å². The van der Waals surface area contributed by atoms with Crippen LogP contribution in [-0.2, 0) is 4.79 Å². The third-order valence-electron chi connectivity index (χ3n) is 3.75. The summed E-state index contributed by atoms with van der Waals surface area (Å²) in [6, 6.07) is 6.30. The molecule has 0 saturated heterocycles. The number of hydrogen-bond acceptors (Lipinski definition) is 3. The molecular weight excluding hydrogens is 268 g/mol. The molecule has 3 nitrogen and oxygen atoms in total. The van der Waals surface area contributed by atoms with Crippen molar-refractivity contribution in [2.24, 2.45) is 5.73 Å². The van der Waals surface area contributed by atoms with E-state index in [9.17, 15) is 4.79 Å². The lowest BCUT2D eigenvalue weighted by molar-refractivity contribution is -0.118. The van der Waals surface area contributed by atoms with E-state index in [0.717, 1.165) is 12.8 Å². The molecule has 0 bridgehead atoms. The summed E-state index contributed by atoms with van der Waals surface area (Å²) in [4.78, 5) is 13.1. The molecule has 0 radical (unpaired) electrons. The maximum Gasteiger partial charge on any atom is 0.230 e. The second kappa shape index (κ2) is 7.70. The van der Waals surface area contributed by atoms with Gasteiger partial charge in [-0.05, 0) is 38.3 Å². The van der Waals surface area contributed by atoms with Gasteiger partial charge in [-0.2, -0.15) is 0 Å². The van der Waals surface area contributed by atoms with Crippen LogP contribution in [0.25, 0.3) is 0 Å². The highest BCUT2D eigenvalue weighted by atomic mass is 32.2. The van der Waals surface area contributed by atoms with E-state index in [4.69, 9.17) is 5.73 Å². The Bertz CT molecular complexity index is 456. The number of carbonyl (C=O) groups excluding carboxylic acids is 1. The van der Waals surface area contributed by atoms with Gasteiger partial charge in [0, 0.05) is 17.0 Å². The fourth-order valence-corrected chi connectivity index (χ4v) is 2.79. The Balaban J connectivity index is 2.46. The highest BCUT2D eigenvalue weighted by Crippen LogP contribution is 2.23. The van der Waals surface area contributed by atoms with E-state index in [1.54, 1.807) is 11.8 Å². The van der Waals surface area contributed by atoms with Crippen molar-refractivity contribution in [1.29, 1.82) is 0 Å². The number of hydrogen-bond donors (Lipinski definition) is 2. The van der Waals surface area contributed by atoms with Crippen molar-refractivity contribution < 1.29 is 4.79 Å². The minimum absolute atomic E-state index is 0.0487. The number of aryl methyl sites for hydroxylation is 2. The van der Waals surface area contributed by atoms with E-state index in [1.807, 2.05) is 0 Å². The summed E-state index contributed by atoms with van der Waals surface area (Å²) < 4.78 is 0. The van der Waals surface area contributed by atoms with E-state index in [0.29, 0.717) is 12.3 Å². The van der Waals surface area contributed by atoms with Crippen LogP contribution >= 0.6 is 11.8 Å². The Hall–Kier alpha value is -1.00. The van der Waals surface area contributed by atoms with Gasteiger partial charge in [0.15, 0.2) is 0 Å². The van der Waals surface area contributed by atoms with Crippen LogP contribution in [0.2, 0.25) is 0 Å². The number of thioether (sulfide) groups is 1. The van der Waals surface area contributed by atoms with E-state index in [-0.39, 0.29) is 11.4 Å². The molecule has 0 heterocycles. The lowest BCUT2D eigenvalue weighted by atomic mass is 9.94. The molecule has 0 fully saturated rings. The molecule has 0 aliphatic heterocycles. The summed E-state index contributed by atoms with van der Waals surface area (Å²) in [5.74, 6) is 0.487. The molecule has 4 heteroatoms. The first-order valence-corrected chi connectivity index (χ1v) is 8.14. The standard InChI is InChI=1S/C16H26N2OS/c1-5-16(17,6-2)11-18-15(19)10-20-14-9-12(3)7-8-13(14)4/h7-9H,5-6,10-11,17H2,1-4H3,(H,18,19). The number of nitrogens with one attached hydrogen (secondary N) is 1. The zero-order valence-corrected chi connectivity index (χ0v) is 13.8. The molecule has 0 saturated carbocycles. The normalized spacial score (nSPS) is 11.4. The smallest absolute Gasteiger partial charge is 0.230 e. The van der Waals surface area contributed by atoms with Crippen LogP contribution in [0.1, 0.15) is 37.8 Å². The predicted octanol–water partition coefficient (Wildman–Crippen LogP) is 3.03. The number of benzene rings is 1. The molecule has 0 spiro atoms. The van der Waals surface area contributed by atoms with Crippen molar-refractivity contribution in [3.63, 3.8) is 0 Å². The lowest BCUT2D eigenvalue weighted by Crippen LogP contribution is -2.49. The number of carbonyl (C=O) groups is 1. The molecule has 0 atom stereocenters. The molecule has 1 rings (SSSR count). The highest BCUT2D eigenvalue weighted by molar-refractivity contribution is 8.00. The predicted molar refractivity (Wildman–Crippen MR) is 87.2 cm³/mol. The average molecular weight is 294 g/mol. The Morgan fingerprint density at radius 2 is 1.95 bits per heavy atom. The minimum atomic E-state index is -0.278. The molecule has 0 aliphatic carbocycles. The van der Waals surface area contributed by atoms with E-state index < -0.39 is 0 Å². The zero-order valence-electron chi connectivity index (χ0n) is 13.0. The van der Waals surface area contributed by atoms with Gasteiger partial charge < -0.3 is 11.1 Å². The summed E-state index contributed by atoms with van der Waals surface area (Å²) in [7, 11) is 0. The van der Waals surface area contributed by atoms with Gasteiger partial charge >= 0.3 is 0 Å². The first-order chi connectivity index (χ1) is 9.40.